The Morgan fingerprint density at radius 3 is 2.53 bits per heavy atom. The Balaban J connectivity index is 2.10. The molecule has 1 saturated heterocycles. The molecule has 2 amide bonds. The molecule has 1 aliphatic rings. The van der Waals surface area contributed by atoms with Gasteiger partial charge in [-0.3, -0.25) is 9.59 Å². The van der Waals surface area contributed by atoms with Gasteiger partial charge in [-0.15, -0.1) is 0 Å². The van der Waals surface area contributed by atoms with Crippen LogP contribution in [-0.4, -0.2) is 42.5 Å². The molecule has 1 aliphatic heterocycles. The minimum atomic E-state index is -0.357. The number of carbonyl (C=O) groups is 2. The fraction of sp³-hybridized carbons (Fsp3) is 0.800. The van der Waals surface area contributed by atoms with E-state index in [2.05, 4.69) is 0 Å². The summed E-state index contributed by atoms with van der Waals surface area (Å²) >= 11 is 0. The average Bonchev–Trinajstić information content (AvgIpc) is 2.07. The second-order valence-electron chi connectivity index (χ2n) is 4.11. The van der Waals surface area contributed by atoms with Crippen LogP contribution in [0.25, 0.3) is 0 Å². The third-order valence-corrected chi connectivity index (χ3v) is 2.36. The number of likely N-dealkylation sites (tertiary alicyclic amines) is 1. The molecule has 0 unspecified atom stereocenters. The lowest BCUT2D eigenvalue weighted by Gasteiger charge is -2.39. The van der Waals surface area contributed by atoms with Crippen molar-refractivity contribution in [3.63, 3.8) is 0 Å². The highest BCUT2D eigenvalue weighted by Crippen LogP contribution is 2.15. The van der Waals surface area contributed by atoms with E-state index in [-0.39, 0.29) is 30.3 Å². The van der Waals surface area contributed by atoms with E-state index in [4.69, 9.17) is 10.5 Å². The molecule has 0 spiro atoms. The number of amides is 2. The van der Waals surface area contributed by atoms with Crippen molar-refractivity contribution < 1.29 is 14.3 Å². The smallest absolute Gasteiger partial charge is 0.225 e. The first-order valence-corrected chi connectivity index (χ1v) is 5.19. The minimum absolute atomic E-state index is 0.0385. The van der Waals surface area contributed by atoms with Gasteiger partial charge in [0.15, 0.2) is 0 Å². The number of ether oxygens (including phenoxy) is 1. The predicted octanol–water partition coefficient (Wildman–Crippen LogP) is -0.255. The molecular weight excluding hydrogens is 196 g/mol. The van der Waals surface area contributed by atoms with Gasteiger partial charge in [0, 0.05) is 25.4 Å². The van der Waals surface area contributed by atoms with E-state index >= 15 is 0 Å². The lowest BCUT2D eigenvalue weighted by atomic mass is 10.1. The second kappa shape index (κ2) is 5.11. The van der Waals surface area contributed by atoms with Gasteiger partial charge in [-0.2, -0.15) is 0 Å². The third-order valence-electron chi connectivity index (χ3n) is 2.36. The highest BCUT2D eigenvalue weighted by Gasteiger charge is 2.32. The largest absolute Gasteiger partial charge is 0.374 e. The van der Waals surface area contributed by atoms with Crippen LogP contribution in [0.1, 0.15) is 20.3 Å². The van der Waals surface area contributed by atoms with Gasteiger partial charge in [0.25, 0.3) is 0 Å². The Hall–Kier alpha value is -1.10. The Bertz CT molecular complexity index is 247. The van der Waals surface area contributed by atoms with Crippen molar-refractivity contribution in [1.82, 2.24) is 4.90 Å². The van der Waals surface area contributed by atoms with E-state index < -0.39 is 0 Å². The molecule has 0 aliphatic carbocycles. The van der Waals surface area contributed by atoms with Gasteiger partial charge in [0.05, 0.1) is 12.7 Å². The molecule has 2 N–H and O–H groups in total. The first-order valence-electron chi connectivity index (χ1n) is 5.19. The van der Waals surface area contributed by atoms with Gasteiger partial charge in [-0.05, 0) is 0 Å². The van der Waals surface area contributed by atoms with Crippen molar-refractivity contribution in [1.29, 1.82) is 0 Å². The van der Waals surface area contributed by atoms with Gasteiger partial charge < -0.3 is 15.4 Å². The molecular formula is C10H18N2O3. The maximum Gasteiger partial charge on any atom is 0.225 e. The van der Waals surface area contributed by atoms with E-state index in [1.807, 2.05) is 13.8 Å². The molecule has 1 heterocycles. The Morgan fingerprint density at radius 2 is 2.07 bits per heavy atom. The molecule has 1 rings (SSSR count). The topological polar surface area (TPSA) is 72.6 Å². The summed E-state index contributed by atoms with van der Waals surface area (Å²) < 4.78 is 5.35. The third kappa shape index (κ3) is 3.51. The summed E-state index contributed by atoms with van der Waals surface area (Å²) in [7, 11) is 0. The normalized spacial score (nSPS) is 16.6. The first-order chi connectivity index (χ1) is 7.00. The van der Waals surface area contributed by atoms with Crippen molar-refractivity contribution in [2.24, 2.45) is 11.7 Å². The summed E-state index contributed by atoms with van der Waals surface area (Å²) in [6.07, 6.45) is 0.321. The van der Waals surface area contributed by atoms with Crippen LogP contribution >= 0.6 is 0 Å². The highest BCUT2D eigenvalue weighted by atomic mass is 16.5. The SMILES string of the molecule is CC(C)C(=O)N1CC(OCCC(N)=O)C1. The number of nitrogens with zero attached hydrogens (tertiary/aromatic N) is 1. The van der Waals surface area contributed by atoms with E-state index in [1.165, 1.54) is 0 Å². The molecule has 5 nitrogen and oxygen atoms in total. The van der Waals surface area contributed by atoms with Crippen LogP contribution in [0.5, 0.6) is 0 Å². The molecule has 0 saturated carbocycles. The van der Waals surface area contributed by atoms with E-state index in [0.29, 0.717) is 19.7 Å². The van der Waals surface area contributed by atoms with Crippen LogP contribution in [0.4, 0.5) is 0 Å². The van der Waals surface area contributed by atoms with E-state index in [1.54, 1.807) is 4.90 Å². The summed E-state index contributed by atoms with van der Waals surface area (Å²) in [5.41, 5.74) is 4.97. The Labute approximate surface area is 89.6 Å². The number of rotatable bonds is 5. The van der Waals surface area contributed by atoms with Crippen LogP contribution in [0.3, 0.4) is 0 Å². The number of nitrogens with two attached hydrogens (primary N) is 1. The zero-order chi connectivity index (χ0) is 11.4. The molecule has 86 valence electrons. The van der Waals surface area contributed by atoms with Crippen LogP contribution in [0.15, 0.2) is 0 Å². The summed E-state index contributed by atoms with van der Waals surface area (Å²) in [6.45, 7) is 5.38. The summed E-state index contributed by atoms with van der Waals surface area (Å²) in [5, 5.41) is 0. The van der Waals surface area contributed by atoms with Crippen LogP contribution in [0, 0.1) is 5.92 Å². The highest BCUT2D eigenvalue weighted by molar-refractivity contribution is 5.79. The zero-order valence-electron chi connectivity index (χ0n) is 9.23. The van der Waals surface area contributed by atoms with Crippen molar-refractivity contribution in [2.75, 3.05) is 19.7 Å². The standard InChI is InChI=1S/C10H18N2O3/c1-7(2)10(14)12-5-8(6-12)15-4-3-9(11)13/h7-8H,3-6H2,1-2H3,(H2,11,13). The van der Waals surface area contributed by atoms with Gasteiger partial charge >= 0.3 is 0 Å². The number of hydrogen-bond acceptors (Lipinski definition) is 3. The molecule has 0 aromatic carbocycles. The maximum atomic E-state index is 11.4. The van der Waals surface area contributed by atoms with Crippen LogP contribution in [0.2, 0.25) is 0 Å². The lowest BCUT2D eigenvalue weighted by Crippen LogP contribution is -2.56. The van der Waals surface area contributed by atoms with Gasteiger partial charge in [-0.25, -0.2) is 0 Å². The molecule has 0 radical (unpaired) electrons. The van der Waals surface area contributed by atoms with E-state index in [9.17, 15) is 9.59 Å². The van der Waals surface area contributed by atoms with Crippen LogP contribution in [-0.2, 0) is 14.3 Å². The molecule has 0 atom stereocenters. The predicted molar refractivity (Wildman–Crippen MR) is 55.0 cm³/mol. The molecule has 5 heteroatoms. The monoisotopic (exact) mass is 214 g/mol. The quantitative estimate of drug-likeness (QED) is 0.685. The van der Waals surface area contributed by atoms with Gasteiger partial charge in [-0.1, -0.05) is 13.8 Å². The van der Waals surface area contributed by atoms with Crippen LogP contribution < -0.4 is 5.73 Å². The second-order valence-corrected chi connectivity index (χ2v) is 4.11. The van der Waals surface area contributed by atoms with Crippen molar-refractivity contribution in [2.45, 2.75) is 26.4 Å². The zero-order valence-corrected chi connectivity index (χ0v) is 9.23. The molecule has 0 aromatic heterocycles. The molecule has 1 fully saturated rings. The summed E-state index contributed by atoms with van der Waals surface area (Å²) in [6, 6.07) is 0. The van der Waals surface area contributed by atoms with E-state index in [0.717, 1.165) is 0 Å². The van der Waals surface area contributed by atoms with Gasteiger partial charge in [0.1, 0.15) is 0 Å². The van der Waals surface area contributed by atoms with Crippen molar-refractivity contribution >= 4 is 11.8 Å². The van der Waals surface area contributed by atoms with Gasteiger partial charge in [0.2, 0.25) is 11.8 Å². The summed E-state index contributed by atoms with van der Waals surface area (Å²) in [5.74, 6) is -0.161. The minimum Gasteiger partial charge on any atom is -0.374 e. The Kier molecular flexibility index (Phi) is 4.08. The first kappa shape index (κ1) is 12.0. The van der Waals surface area contributed by atoms with Crippen molar-refractivity contribution in [3.8, 4) is 0 Å². The lowest BCUT2D eigenvalue weighted by molar-refractivity contribution is -0.149. The average molecular weight is 214 g/mol. The maximum absolute atomic E-state index is 11.4. The number of carbonyl (C=O) groups excluding carboxylic acids is 2. The Morgan fingerprint density at radius 1 is 1.47 bits per heavy atom. The fourth-order valence-corrected chi connectivity index (χ4v) is 1.41. The number of primary amides is 1. The fourth-order valence-electron chi connectivity index (χ4n) is 1.41. The molecule has 0 bridgehead atoms. The van der Waals surface area contributed by atoms with Crippen molar-refractivity contribution in [3.05, 3.63) is 0 Å². The molecule has 0 aromatic rings. The number of hydrogen-bond donors (Lipinski definition) is 1. The molecule has 15 heavy (non-hydrogen) atoms. The summed E-state index contributed by atoms with van der Waals surface area (Å²) in [4.78, 5) is 23.6.